The lowest BCUT2D eigenvalue weighted by Crippen LogP contribution is -2.48. The fourth-order valence-electron chi connectivity index (χ4n) is 5.01. The Morgan fingerprint density at radius 2 is 1.78 bits per heavy atom. The predicted octanol–water partition coefficient (Wildman–Crippen LogP) is 1.57. The van der Waals surface area contributed by atoms with Crippen LogP contribution >= 0.6 is 0 Å². The Bertz CT molecular complexity index is 1470. The fraction of sp³-hybridized carbons (Fsp3) is 0.269. The number of hydrogen-bond donors (Lipinski definition) is 2. The van der Waals surface area contributed by atoms with E-state index >= 15 is 0 Å². The van der Waals surface area contributed by atoms with Crippen LogP contribution in [0.15, 0.2) is 48.7 Å². The van der Waals surface area contributed by atoms with Gasteiger partial charge in [-0.25, -0.2) is 4.79 Å². The Morgan fingerprint density at radius 1 is 1.06 bits per heavy atom. The van der Waals surface area contributed by atoms with Crippen LogP contribution in [0.3, 0.4) is 0 Å². The smallest absolute Gasteiger partial charge is 0.324 e. The molecule has 1 spiro atoms. The van der Waals surface area contributed by atoms with Gasteiger partial charge in [0.1, 0.15) is 12.1 Å². The highest BCUT2D eigenvalue weighted by Crippen LogP contribution is 2.38. The molecule has 184 valence electrons. The number of anilines is 1. The lowest BCUT2D eigenvalue weighted by Gasteiger charge is -2.27. The average molecular weight is 488 g/mol. The summed E-state index contributed by atoms with van der Waals surface area (Å²) in [5.74, 6) is -1.90. The van der Waals surface area contributed by atoms with E-state index in [1.807, 2.05) is 12.1 Å². The molecule has 2 aliphatic rings. The molecule has 2 heterocycles. The summed E-state index contributed by atoms with van der Waals surface area (Å²) >= 11 is 0. The van der Waals surface area contributed by atoms with Gasteiger partial charge in [0.15, 0.2) is 0 Å². The van der Waals surface area contributed by atoms with E-state index in [0.29, 0.717) is 29.4 Å². The number of nitrogens with one attached hydrogen (secondary N) is 2. The van der Waals surface area contributed by atoms with Gasteiger partial charge in [-0.05, 0) is 29.3 Å². The van der Waals surface area contributed by atoms with Crippen LogP contribution < -0.4 is 10.6 Å². The second kappa shape index (κ2) is 8.33. The van der Waals surface area contributed by atoms with Crippen LogP contribution in [0.4, 0.5) is 10.5 Å². The SMILES string of the molecule is CN(C)C(=O)C(=O)c1cn(CC(=O)Nc2ccc3c(c2)CC2(C3)C(=O)NC(=O)N2C)c2ccccc12. The molecular weight excluding hydrogens is 462 g/mol. The minimum absolute atomic E-state index is 0.0649. The first-order valence-electron chi connectivity index (χ1n) is 11.5. The highest BCUT2D eigenvalue weighted by Gasteiger charge is 2.54. The number of likely N-dealkylation sites (N-methyl/N-ethyl adjacent to an activating group) is 2. The van der Waals surface area contributed by atoms with Crippen molar-refractivity contribution in [2.45, 2.75) is 24.9 Å². The maximum absolute atomic E-state index is 12.9. The number of fused-ring (bicyclic) bond motifs is 2. The molecule has 1 fully saturated rings. The van der Waals surface area contributed by atoms with Gasteiger partial charge in [0.2, 0.25) is 5.91 Å². The molecule has 2 aromatic carbocycles. The number of amides is 5. The summed E-state index contributed by atoms with van der Waals surface area (Å²) < 4.78 is 1.65. The third-order valence-corrected chi connectivity index (χ3v) is 6.99. The summed E-state index contributed by atoms with van der Waals surface area (Å²) in [6, 6.07) is 12.2. The summed E-state index contributed by atoms with van der Waals surface area (Å²) in [4.78, 5) is 65.0. The number of ketones is 1. The van der Waals surface area contributed by atoms with Crippen molar-refractivity contribution in [3.8, 4) is 0 Å². The largest absolute Gasteiger partial charge is 0.342 e. The van der Waals surface area contributed by atoms with Gasteiger partial charge >= 0.3 is 6.03 Å². The number of aromatic nitrogens is 1. The van der Waals surface area contributed by atoms with Crippen LogP contribution in [0.5, 0.6) is 0 Å². The van der Waals surface area contributed by atoms with E-state index < -0.39 is 23.3 Å². The van der Waals surface area contributed by atoms with Crippen LogP contribution in [0.2, 0.25) is 0 Å². The molecule has 1 unspecified atom stereocenters. The number of hydrogen-bond acceptors (Lipinski definition) is 5. The first-order chi connectivity index (χ1) is 17.1. The molecule has 2 N–H and O–H groups in total. The quantitative estimate of drug-likeness (QED) is 0.322. The van der Waals surface area contributed by atoms with Crippen LogP contribution in [0, 0.1) is 0 Å². The van der Waals surface area contributed by atoms with E-state index in [4.69, 9.17) is 0 Å². The van der Waals surface area contributed by atoms with Gasteiger partial charge in [-0.15, -0.1) is 0 Å². The molecule has 3 aromatic rings. The van der Waals surface area contributed by atoms with Crippen LogP contribution in [0.1, 0.15) is 21.5 Å². The maximum Gasteiger partial charge on any atom is 0.324 e. The summed E-state index contributed by atoms with van der Waals surface area (Å²) in [6.07, 6.45) is 2.32. The Labute approximate surface area is 206 Å². The first-order valence-corrected chi connectivity index (χ1v) is 11.5. The topological polar surface area (TPSA) is 121 Å². The molecule has 5 rings (SSSR count). The van der Waals surface area contributed by atoms with Crippen molar-refractivity contribution < 1.29 is 24.0 Å². The Morgan fingerprint density at radius 3 is 2.47 bits per heavy atom. The zero-order valence-electron chi connectivity index (χ0n) is 20.1. The average Bonchev–Trinajstić information content (AvgIpc) is 3.47. The van der Waals surface area contributed by atoms with E-state index in [-0.39, 0.29) is 23.9 Å². The second-order valence-electron chi connectivity index (χ2n) is 9.45. The molecule has 0 radical (unpaired) electrons. The molecule has 36 heavy (non-hydrogen) atoms. The van der Waals surface area contributed by atoms with Crippen LogP contribution in [0.25, 0.3) is 10.9 Å². The highest BCUT2D eigenvalue weighted by molar-refractivity contribution is 6.44. The minimum Gasteiger partial charge on any atom is -0.342 e. The lowest BCUT2D eigenvalue weighted by atomic mass is 9.95. The summed E-state index contributed by atoms with van der Waals surface area (Å²) in [7, 11) is 4.64. The van der Waals surface area contributed by atoms with Crippen molar-refractivity contribution in [2.75, 3.05) is 26.5 Å². The lowest BCUT2D eigenvalue weighted by molar-refractivity contribution is -0.126. The third kappa shape index (κ3) is 3.62. The van der Waals surface area contributed by atoms with Crippen molar-refractivity contribution >= 4 is 46.1 Å². The van der Waals surface area contributed by atoms with Gasteiger partial charge in [0.05, 0.1) is 5.56 Å². The number of rotatable bonds is 5. The summed E-state index contributed by atoms with van der Waals surface area (Å²) in [5, 5.41) is 5.85. The maximum atomic E-state index is 12.9. The normalized spacial score (nSPS) is 18.5. The summed E-state index contributed by atoms with van der Waals surface area (Å²) in [6.45, 7) is -0.0649. The summed E-state index contributed by atoms with van der Waals surface area (Å²) in [5.41, 5.74) is 2.39. The minimum atomic E-state index is -0.932. The zero-order chi connectivity index (χ0) is 25.8. The van der Waals surface area contributed by atoms with E-state index in [0.717, 1.165) is 11.1 Å². The molecular formula is C26H25N5O5. The predicted molar refractivity (Wildman–Crippen MR) is 131 cm³/mol. The number of carbonyl (C=O) groups excluding carboxylic acids is 5. The standard InChI is InChI=1S/C26H25N5O5/c1-29(2)23(34)22(33)19-13-31(20-7-5-4-6-18(19)20)14-21(32)27-17-9-8-15-11-26(12-16(15)10-17)24(35)28-25(36)30(26)3/h4-10,13H,11-12,14H2,1-3H3,(H,27,32)(H,28,35,36). The number of urea groups is 1. The van der Waals surface area contributed by atoms with Gasteiger partial charge in [-0.3, -0.25) is 24.5 Å². The van der Waals surface area contributed by atoms with Gasteiger partial charge in [0, 0.05) is 56.8 Å². The third-order valence-electron chi connectivity index (χ3n) is 6.99. The van der Waals surface area contributed by atoms with E-state index in [1.165, 1.54) is 30.1 Å². The molecule has 10 nitrogen and oxygen atoms in total. The molecule has 1 saturated heterocycles. The van der Waals surface area contributed by atoms with E-state index in [1.54, 1.807) is 41.9 Å². The van der Waals surface area contributed by atoms with Gasteiger partial charge in [-0.2, -0.15) is 0 Å². The highest BCUT2D eigenvalue weighted by atomic mass is 16.2. The molecule has 1 atom stereocenters. The van der Waals surface area contributed by atoms with Crippen molar-refractivity contribution in [3.63, 3.8) is 0 Å². The Kier molecular flexibility index (Phi) is 5.39. The number of benzene rings is 2. The van der Waals surface area contributed by atoms with E-state index in [2.05, 4.69) is 10.6 Å². The second-order valence-corrected chi connectivity index (χ2v) is 9.45. The van der Waals surface area contributed by atoms with E-state index in [9.17, 15) is 24.0 Å². The Balaban J connectivity index is 1.35. The molecule has 1 aromatic heterocycles. The number of imide groups is 1. The van der Waals surface area contributed by atoms with Gasteiger partial charge in [0.25, 0.3) is 17.6 Å². The number of para-hydroxylation sites is 1. The number of Topliss-reactive ketones (excluding diaryl/α,β-unsaturated/α-hetero) is 1. The van der Waals surface area contributed by atoms with Crippen molar-refractivity contribution in [2.24, 2.45) is 0 Å². The fourth-order valence-corrected chi connectivity index (χ4v) is 5.01. The molecule has 1 aliphatic heterocycles. The Hall–Kier alpha value is -4.47. The molecule has 0 bridgehead atoms. The van der Waals surface area contributed by atoms with Crippen molar-refractivity contribution in [1.82, 2.24) is 19.7 Å². The number of nitrogens with zero attached hydrogens (tertiary/aromatic N) is 3. The van der Waals surface area contributed by atoms with Crippen LogP contribution in [-0.4, -0.2) is 70.6 Å². The van der Waals surface area contributed by atoms with Crippen LogP contribution in [-0.2, 0) is 33.8 Å². The van der Waals surface area contributed by atoms with Crippen molar-refractivity contribution in [1.29, 1.82) is 0 Å². The monoisotopic (exact) mass is 487 g/mol. The molecule has 5 amide bonds. The van der Waals surface area contributed by atoms with Crippen molar-refractivity contribution in [3.05, 3.63) is 65.4 Å². The zero-order valence-corrected chi connectivity index (χ0v) is 20.1. The molecule has 10 heteroatoms. The van der Waals surface area contributed by atoms with Gasteiger partial charge < -0.3 is 19.7 Å². The molecule has 1 aliphatic carbocycles. The van der Waals surface area contributed by atoms with Gasteiger partial charge in [-0.1, -0.05) is 24.3 Å². The molecule has 0 saturated carbocycles. The first kappa shape index (κ1) is 23.3. The number of carbonyl (C=O) groups is 5.